The van der Waals surface area contributed by atoms with Crippen LogP contribution in [-0.4, -0.2) is 9.13 Å². The van der Waals surface area contributed by atoms with Crippen molar-refractivity contribution >= 4 is 55.4 Å². The molecule has 2 aliphatic heterocycles. The van der Waals surface area contributed by atoms with E-state index >= 15 is 0 Å². The predicted molar refractivity (Wildman–Crippen MR) is 196 cm³/mol. The summed E-state index contributed by atoms with van der Waals surface area (Å²) in [5.74, 6) is 0. The predicted octanol–water partition coefficient (Wildman–Crippen LogP) is 11.3. The fourth-order valence-corrected chi connectivity index (χ4v) is 10.2. The van der Waals surface area contributed by atoms with Gasteiger partial charge in [-0.3, -0.25) is 0 Å². The Labute approximate surface area is 276 Å². The molecule has 0 saturated carbocycles. The molecule has 1 atom stereocenters. The van der Waals surface area contributed by atoms with Crippen LogP contribution in [-0.2, 0) is 5.41 Å². The quantitative estimate of drug-likeness (QED) is 0.178. The number of aryl methyl sites for hydroxylation is 1. The monoisotopic (exact) mass is 616 g/mol. The molecule has 0 fully saturated rings. The highest BCUT2D eigenvalue weighted by Crippen LogP contribution is 2.62. The summed E-state index contributed by atoms with van der Waals surface area (Å²) in [6.07, 6.45) is 0. The Bertz CT molecular complexity index is 2800. The van der Waals surface area contributed by atoms with Crippen LogP contribution in [0.15, 0.2) is 161 Å². The summed E-state index contributed by atoms with van der Waals surface area (Å²) in [5, 5.41) is 5.22. The average Bonchev–Trinajstić information content (AvgIpc) is 3.64. The fraction of sp³-hybridized carbons (Fsp3) is 0.0455. The van der Waals surface area contributed by atoms with E-state index in [9.17, 15) is 0 Å². The number of aromatic nitrogens is 2. The third-order valence-electron chi connectivity index (χ3n) is 10.6. The maximum absolute atomic E-state index is 2.52. The van der Waals surface area contributed by atoms with Gasteiger partial charge >= 0.3 is 0 Å². The lowest BCUT2D eigenvalue weighted by Crippen LogP contribution is -2.37. The number of benzene rings is 7. The SMILES string of the molecule is Cc1cccc(-n2c3ccccc3c3c4c(ccc32)C2(c3ccccc3S4)c3ccccc3-n3c4ccccc4c4cccc2c43)c1. The Kier molecular flexibility index (Phi) is 4.94. The molecule has 2 nitrogen and oxygen atoms in total. The highest BCUT2D eigenvalue weighted by atomic mass is 32.2. The van der Waals surface area contributed by atoms with Gasteiger partial charge in [-0.25, -0.2) is 0 Å². The van der Waals surface area contributed by atoms with E-state index in [-0.39, 0.29) is 0 Å². The second kappa shape index (κ2) is 9.06. The fourth-order valence-electron chi connectivity index (χ4n) is 8.88. The van der Waals surface area contributed by atoms with Crippen molar-refractivity contribution in [1.82, 2.24) is 9.13 Å². The Morgan fingerprint density at radius 2 is 1.17 bits per heavy atom. The van der Waals surface area contributed by atoms with Crippen molar-refractivity contribution in [2.24, 2.45) is 0 Å². The summed E-state index contributed by atoms with van der Waals surface area (Å²) >= 11 is 1.94. The van der Waals surface area contributed by atoms with Gasteiger partial charge in [0.25, 0.3) is 0 Å². The molecule has 0 saturated heterocycles. The topological polar surface area (TPSA) is 9.86 Å². The van der Waals surface area contributed by atoms with E-state index in [1.807, 2.05) is 11.8 Å². The molecule has 3 heteroatoms. The maximum atomic E-state index is 2.52. The minimum absolute atomic E-state index is 0.488. The minimum Gasteiger partial charge on any atom is -0.309 e. The van der Waals surface area contributed by atoms with Crippen molar-refractivity contribution in [3.63, 3.8) is 0 Å². The molecule has 4 heterocycles. The van der Waals surface area contributed by atoms with Gasteiger partial charge in [-0.1, -0.05) is 121 Å². The molecule has 220 valence electrons. The van der Waals surface area contributed by atoms with E-state index in [1.165, 1.54) is 92.6 Å². The molecule has 1 unspecified atom stereocenters. The van der Waals surface area contributed by atoms with Crippen molar-refractivity contribution in [3.05, 3.63) is 179 Å². The molecule has 0 radical (unpaired) electrons. The van der Waals surface area contributed by atoms with Crippen LogP contribution in [0.25, 0.3) is 55.0 Å². The summed E-state index contributed by atoms with van der Waals surface area (Å²) in [4.78, 5) is 2.66. The van der Waals surface area contributed by atoms with Crippen LogP contribution in [0, 0.1) is 6.92 Å². The molecular weight excluding hydrogens is 589 g/mol. The number of hydrogen-bond acceptors (Lipinski definition) is 1. The molecule has 47 heavy (non-hydrogen) atoms. The van der Waals surface area contributed by atoms with Crippen LogP contribution >= 0.6 is 11.8 Å². The molecule has 2 aliphatic rings. The molecule has 9 aromatic rings. The molecule has 0 N–H and O–H groups in total. The summed E-state index contributed by atoms with van der Waals surface area (Å²) < 4.78 is 4.98. The van der Waals surface area contributed by atoms with Gasteiger partial charge in [0.05, 0.1) is 33.2 Å². The third-order valence-corrected chi connectivity index (χ3v) is 11.8. The first-order valence-corrected chi connectivity index (χ1v) is 17.1. The molecule has 0 amide bonds. The smallest absolute Gasteiger partial charge is 0.0764 e. The summed E-state index contributed by atoms with van der Waals surface area (Å²) in [6, 6.07) is 56.8. The van der Waals surface area contributed by atoms with E-state index in [0.717, 1.165) is 0 Å². The highest BCUT2D eigenvalue weighted by molar-refractivity contribution is 7.99. The summed E-state index contributed by atoms with van der Waals surface area (Å²) in [6.45, 7) is 2.18. The van der Waals surface area contributed by atoms with Crippen molar-refractivity contribution < 1.29 is 0 Å². The van der Waals surface area contributed by atoms with E-state index in [0.29, 0.717) is 0 Å². The molecule has 11 rings (SSSR count). The van der Waals surface area contributed by atoms with Crippen LogP contribution in [0.4, 0.5) is 0 Å². The molecule has 0 aliphatic carbocycles. The highest BCUT2D eigenvalue weighted by Gasteiger charge is 2.49. The summed E-state index contributed by atoms with van der Waals surface area (Å²) in [7, 11) is 0. The number of fused-ring (bicyclic) bond motifs is 15. The Hall–Kier alpha value is -5.51. The van der Waals surface area contributed by atoms with E-state index in [2.05, 4.69) is 168 Å². The number of nitrogens with zero attached hydrogens (tertiary/aromatic N) is 2. The van der Waals surface area contributed by atoms with Crippen molar-refractivity contribution in [3.8, 4) is 11.4 Å². The largest absolute Gasteiger partial charge is 0.309 e. The average molecular weight is 617 g/mol. The second-order valence-electron chi connectivity index (χ2n) is 12.9. The van der Waals surface area contributed by atoms with Crippen LogP contribution in [0.1, 0.15) is 27.8 Å². The zero-order chi connectivity index (χ0) is 30.9. The van der Waals surface area contributed by atoms with E-state index in [4.69, 9.17) is 0 Å². The first-order valence-electron chi connectivity index (χ1n) is 16.3. The van der Waals surface area contributed by atoms with Crippen LogP contribution in [0.3, 0.4) is 0 Å². The Morgan fingerprint density at radius 3 is 2.04 bits per heavy atom. The Balaban J connectivity index is 1.36. The van der Waals surface area contributed by atoms with Crippen molar-refractivity contribution in [2.75, 3.05) is 0 Å². The molecule has 1 spiro atoms. The van der Waals surface area contributed by atoms with Crippen molar-refractivity contribution in [1.29, 1.82) is 0 Å². The van der Waals surface area contributed by atoms with Gasteiger partial charge in [0, 0.05) is 37.0 Å². The third kappa shape index (κ3) is 3.08. The Morgan fingerprint density at radius 1 is 0.489 bits per heavy atom. The number of para-hydroxylation sites is 4. The first-order chi connectivity index (χ1) is 23.2. The molecule has 2 aromatic heterocycles. The van der Waals surface area contributed by atoms with Gasteiger partial charge < -0.3 is 9.13 Å². The van der Waals surface area contributed by atoms with Crippen LogP contribution in [0.5, 0.6) is 0 Å². The van der Waals surface area contributed by atoms with Crippen LogP contribution < -0.4 is 0 Å². The molecule has 7 aromatic carbocycles. The zero-order valence-corrected chi connectivity index (χ0v) is 26.6. The first kappa shape index (κ1) is 25.7. The second-order valence-corrected chi connectivity index (χ2v) is 14.0. The number of hydrogen-bond donors (Lipinski definition) is 0. The standard InChI is InChI=1S/C44H28N2S/c1-27-12-10-13-28(26-27)45-37-21-7-3-15-31(37)41-39(45)25-24-35-43(41)47-40-23-9-5-18-33(40)44(35)32-17-4-8-22-38(32)46-36-20-6-2-14-29(36)30-16-11-19-34(44)42(30)46/h2-26H,1H3. The number of rotatable bonds is 1. The molecular formula is C44H28N2S. The summed E-state index contributed by atoms with van der Waals surface area (Å²) in [5.41, 5.74) is 13.7. The van der Waals surface area contributed by atoms with E-state index < -0.39 is 5.41 Å². The normalized spacial score (nSPS) is 16.2. The van der Waals surface area contributed by atoms with Crippen molar-refractivity contribution in [2.45, 2.75) is 22.1 Å². The van der Waals surface area contributed by atoms with Gasteiger partial charge in [-0.2, -0.15) is 0 Å². The lowest BCUT2D eigenvalue weighted by molar-refractivity contribution is 0.692. The zero-order valence-electron chi connectivity index (χ0n) is 25.7. The lowest BCUT2D eigenvalue weighted by Gasteiger charge is -2.45. The van der Waals surface area contributed by atoms with Gasteiger partial charge in [-0.15, -0.1) is 0 Å². The van der Waals surface area contributed by atoms with Gasteiger partial charge in [-0.05, 0) is 77.2 Å². The minimum atomic E-state index is -0.488. The van der Waals surface area contributed by atoms with Gasteiger partial charge in [0.2, 0.25) is 0 Å². The van der Waals surface area contributed by atoms with Crippen LogP contribution in [0.2, 0.25) is 0 Å². The van der Waals surface area contributed by atoms with Gasteiger partial charge in [0.1, 0.15) is 0 Å². The van der Waals surface area contributed by atoms with E-state index in [1.54, 1.807) is 0 Å². The molecule has 0 bridgehead atoms. The van der Waals surface area contributed by atoms with Gasteiger partial charge in [0.15, 0.2) is 0 Å². The lowest BCUT2D eigenvalue weighted by atomic mass is 9.62. The maximum Gasteiger partial charge on any atom is 0.0764 e.